The second-order valence-corrected chi connectivity index (χ2v) is 5.92. The van der Waals surface area contributed by atoms with Gasteiger partial charge in [0.1, 0.15) is 13.2 Å². The van der Waals surface area contributed by atoms with Crippen molar-refractivity contribution in [3.05, 3.63) is 59.7 Å². The Bertz CT molecular complexity index is 703. The third-order valence-electron chi connectivity index (χ3n) is 4.01. The largest absolute Gasteiger partial charge is 0.486 e. The van der Waals surface area contributed by atoms with E-state index in [2.05, 4.69) is 5.32 Å². The smallest absolute Gasteiger partial charge is 0.317 e. The zero-order chi connectivity index (χ0) is 16.9. The molecule has 2 amide bonds. The number of hydrogen-bond donors (Lipinski definition) is 1. The zero-order valence-electron chi connectivity index (χ0n) is 14.0. The third-order valence-corrected chi connectivity index (χ3v) is 4.01. The molecule has 0 saturated carbocycles. The SMILES string of the molecule is CC(NC(=O)N(C)Cc1ccc2c(c1)OCCO2)c1ccccc1. The topological polar surface area (TPSA) is 50.8 Å². The highest BCUT2D eigenvalue weighted by Gasteiger charge is 2.16. The molecule has 3 rings (SSSR count). The quantitative estimate of drug-likeness (QED) is 0.937. The first-order valence-corrected chi connectivity index (χ1v) is 8.08. The maximum absolute atomic E-state index is 12.4. The van der Waals surface area contributed by atoms with Crippen LogP contribution in [0.5, 0.6) is 11.5 Å². The highest BCUT2D eigenvalue weighted by molar-refractivity contribution is 5.74. The summed E-state index contributed by atoms with van der Waals surface area (Å²) in [6.45, 7) is 3.61. The molecule has 0 aromatic heterocycles. The Labute approximate surface area is 142 Å². The Kier molecular flexibility index (Phi) is 4.89. The monoisotopic (exact) mass is 326 g/mol. The van der Waals surface area contributed by atoms with Gasteiger partial charge < -0.3 is 19.7 Å². The Morgan fingerprint density at radius 2 is 1.83 bits per heavy atom. The molecule has 0 bridgehead atoms. The van der Waals surface area contributed by atoms with Crippen molar-refractivity contribution in [2.24, 2.45) is 0 Å². The molecule has 1 aliphatic heterocycles. The van der Waals surface area contributed by atoms with Gasteiger partial charge in [0.05, 0.1) is 6.04 Å². The van der Waals surface area contributed by atoms with Crippen molar-refractivity contribution in [3.8, 4) is 11.5 Å². The molecule has 0 aliphatic carbocycles. The lowest BCUT2D eigenvalue weighted by molar-refractivity contribution is 0.171. The second kappa shape index (κ2) is 7.25. The number of urea groups is 1. The Morgan fingerprint density at radius 1 is 1.12 bits per heavy atom. The number of hydrogen-bond acceptors (Lipinski definition) is 3. The average Bonchev–Trinajstić information content (AvgIpc) is 2.62. The van der Waals surface area contributed by atoms with E-state index in [9.17, 15) is 4.79 Å². The molecule has 0 saturated heterocycles. The van der Waals surface area contributed by atoms with Gasteiger partial charge in [0, 0.05) is 13.6 Å². The first-order valence-electron chi connectivity index (χ1n) is 8.08. The maximum atomic E-state index is 12.4. The minimum atomic E-state index is -0.110. The van der Waals surface area contributed by atoms with Gasteiger partial charge in [-0.05, 0) is 30.2 Å². The number of rotatable bonds is 4. The summed E-state index contributed by atoms with van der Waals surface area (Å²) >= 11 is 0. The Balaban J connectivity index is 1.60. The van der Waals surface area contributed by atoms with E-state index in [1.54, 1.807) is 11.9 Å². The highest BCUT2D eigenvalue weighted by Crippen LogP contribution is 2.31. The minimum absolute atomic E-state index is 0.0404. The fourth-order valence-corrected chi connectivity index (χ4v) is 2.65. The number of carbonyl (C=O) groups is 1. The van der Waals surface area contributed by atoms with Crippen molar-refractivity contribution in [3.63, 3.8) is 0 Å². The molecular weight excluding hydrogens is 304 g/mol. The lowest BCUT2D eigenvalue weighted by Gasteiger charge is -2.23. The molecule has 1 unspecified atom stereocenters. The fourth-order valence-electron chi connectivity index (χ4n) is 2.65. The minimum Gasteiger partial charge on any atom is -0.486 e. The maximum Gasteiger partial charge on any atom is 0.317 e. The fraction of sp³-hybridized carbons (Fsp3) is 0.316. The number of nitrogens with zero attached hydrogens (tertiary/aromatic N) is 1. The average molecular weight is 326 g/mol. The molecular formula is C19H22N2O3. The van der Waals surface area contributed by atoms with Crippen LogP contribution in [0.15, 0.2) is 48.5 Å². The van der Waals surface area contributed by atoms with Crippen molar-refractivity contribution < 1.29 is 14.3 Å². The summed E-state index contributed by atoms with van der Waals surface area (Å²) in [6.07, 6.45) is 0. The predicted octanol–water partition coefficient (Wildman–Crippen LogP) is 3.36. The van der Waals surface area contributed by atoms with Crippen molar-refractivity contribution >= 4 is 6.03 Å². The lowest BCUT2D eigenvalue weighted by atomic mass is 10.1. The Hall–Kier alpha value is -2.69. The molecule has 2 aromatic rings. The first kappa shape index (κ1) is 16.2. The van der Waals surface area contributed by atoms with Gasteiger partial charge in [0.2, 0.25) is 0 Å². The van der Waals surface area contributed by atoms with Crippen molar-refractivity contribution in [1.29, 1.82) is 0 Å². The summed E-state index contributed by atoms with van der Waals surface area (Å²) in [4.78, 5) is 14.0. The van der Waals surface area contributed by atoms with Gasteiger partial charge in [-0.2, -0.15) is 0 Å². The van der Waals surface area contributed by atoms with E-state index in [0.717, 1.165) is 22.6 Å². The van der Waals surface area contributed by atoms with Crippen LogP contribution < -0.4 is 14.8 Å². The van der Waals surface area contributed by atoms with Crippen LogP contribution in [0.4, 0.5) is 4.79 Å². The molecule has 1 N–H and O–H groups in total. The molecule has 0 spiro atoms. The van der Waals surface area contributed by atoms with E-state index in [1.807, 2.05) is 55.5 Å². The highest BCUT2D eigenvalue weighted by atomic mass is 16.6. The van der Waals surface area contributed by atoms with Crippen LogP contribution in [0.3, 0.4) is 0 Å². The van der Waals surface area contributed by atoms with E-state index >= 15 is 0 Å². The van der Waals surface area contributed by atoms with E-state index in [-0.39, 0.29) is 12.1 Å². The number of ether oxygens (including phenoxy) is 2. The number of benzene rings is 2. The number of amides is 2. The molecule has 1 atom stereocenters. The molecule has 0 radical (unpaired) electrons. The summed E-state index contributed by atoms with van der Waals surface area (Å²) in [5.74, 6) is 1.50. The first-order chi connectivity index (χ1) is 11.6. The van der Waals surface area contributed by atoms with Crippen LogP contribution >= 0.6 is 0 Å². The molecule has 24 heavy (non-hydrogen) atoms. The second-order valence-electron chi connectivity index (χ2n) is 5.92. The van der Waals surface area contributed by atoms with Crippen LogP contribution in [0, 0.1) is 0 Å². The molecule has 126 valence electrons. The van der Waals surface area contributed by atoms with Crippen LogP contribution in [-0.2, 0) is 6.54 Å². The summed E-state index contributed by atoms with van der Waals surface area (Å²) in [5, 5.41) is 3.01. The van der Waals surface area contributed by atoms with E-state index < -0.39 is 0 Å². The number of fused-ring (bicyclic) bond motifs is 1. The van der Waals surface area contributed by atoms with Gasteiger partial charge in [0.15, 0.2) is 11.5 Å². The van der Waals surface area contributed by atoms with Crippen LogP contribution in [0.2, 0.25) is 0 Å². The van der Waals surface area contributed by atoms with Crippen LogP contribution in [0.1, 0.15) is 24.1 Å². The van der Waals surface area contributed by atoms with Crippen LogP contribution in [0.25, 0.3) is 0 Å². The standard InChI is InChI=1S/C19H22N2O3/c1-14(16-6-4-3-5-7-16)20-19(22)21(2)13-15-8-9-17-18(12-15)24-11-10-23-17/h3-9,12,14H,10-11,13H2,1-2H3,(H,20,22). The van der Waals surface area contributed by atoms with Crippen LogP contribution in [-0.4, -0.2) is 31.2 Å². The van der Waals surface area contributed by atoms with Crippen molar-refractivity contribution in [1.82, 2.24) is 10.2 Å². The third kappa shape index (κ3) is 3.79. The molecule has 0 fully saturated rings. The zero-order valence-corrected chi connectivity index (χ0v) is 14.0. The van der Waals surface area contributed by atoms with Gasteiger partial charge in [-0.3, -0.25) is 0 Å². The van der Waals surface area contributed by atoms with E-state index in [0.29, 0.717) is 19.8 Å². The van der Waals surface area contributed by atoms with Gasteiger partial charge in [-0.25, -0.2) is 4.79 Å². The van der Waals surface area contributed by atoms with Gasteiger partial charge >= 0.3 is 6.03 Å². The summed E-state index contributed by atoms with van der Waals surface area (Å²) in [7, 11) is 1.78. The molecule has 5 nitrogen and oxygen atoms in total. The number of carbonyl (C=O) groups excluding carboxylic acids is 1. The summed E-state index contributed by atoms with van der Waals surface area (Å²) in [6, 6.07) is 15.5. The molecule has 1 aliphatic rings. The summed E-state index contributed by atoms with van der Waals surface area (Å²) in [5.41, 5.74) is 2.09. The van der Waals surface area contributed by atoms with Gasteiger partial charge in [-0.1, -0.05) is 36.4 Å². The van der Waals surface area contributed by atoms with Crippen molar-refractivity contribution in [2.75, 3.05) is 20.3 Å². The number of nitrogens with one attached hydrogen (secondary N) is 1. The van der Waals surface area contributed by atoms with Gasteiger partial charge in [0.25, 0.3) is 0 Å². The Morgan fingerprint density at radius 3 is 2.58 bits per heavy atom. The van der Waals surface area contributed by atoms with E-state index in [4.69, 9.17) is 9.47 Å². The normalized spacial score (nSPS) is 13.9. The molecule has 1 heterocycles. The van der Waals surface area contributed by atoms with Gasteiger partial charge in [-0.15, -0.1) is 0 Å². The summed E-state index contributed by atoms with van der Waals surface area (Å²) < 4.78 is 11.1. The lowest BCUT2D eigenvalue weighted by Crippen LogP contribution is -2.38. The predicted molar refractivity (Wildman–Crippen MR) is 92.3 cm³/mol. The van der Waals surface area contributed by atoms with E-state index in [1.165, 1.54) is 0 Å². The molecule has 2 aromatic carbocycles. The van der Waals surface area contributed by atoms with Crippen molar-refractivity contribution in [2.45, 2.75) is 19.5 Å². The molecule has 5 heteroatoms.